The predicted octanol–water partition coefficient (Wildman–Crippen LogP) is 3.73. The number of nitrogens with two attached hydrogens (primary N) is 1. The lowest BCUT2D eigenvalue weighted by Crippen LogP contribution is -2.46. The summed E-state index contributed by atoms with van der Waals surface area (Å²) < 4.78 is 14.0. The maximum atomic E-state index is 14.0. The lowest BCUT2D eigenvalue weighted by molar-refractivity contribution is 0.0755. The Kier molecular flexibility index (Phi) is 5.55. The molecule has 20 heavy (non-hydrogen) atoms. The summed E-state index contributed by atoms with van der Waals surface area (Å²) >= 11 is 0. The van der Waals surface area contributed by atoms with Crippen LogP contribution < -0.4 is 5.73 Å². The van der Waals surface area contributed by atoms with Crippen LogP contribution in [0.3, 0.4) is 0 Å². The van der Waals surface area contributed by atoms with E-state index in [9.17, 15) is 4.39 Å². The number of nitrogens with zero attached hydrogens (tertiary/aromatic N) is 1. The van der Waals surface area contributed by atoms with Crippen LogP contribution in [0.25, 0.3) is 0 Å². The van der Waals surface area contributed by atoms with Gasteiger partial charge in [0, 0.05) is 17.6 Å². The second-order valence-corrected chi connectivity index (χ2v) is 5.88. The molecule has 1 aliphatic carbocycles. The molecule has 0 saturated heterocycles. The van der Waals surface area contributed by atoms with E-state index in [1.165, 1.54) is 25.7 Å². The van der Waals surface area contributed by atoms with E-state index in [0.717, 1.165) is 18.7 Å². The molecule has 2 nitrogen and oxygen atoms in total. The average Bonchev–Trinajstić information content (AvgIpc) is 2.49. The van der Waals surface area contributed by atoms with Crippen LogP contribution in [0.2, 0.25) is 0 Å². The van der Waals surface area contributed by atoms with Crippen molar-refractivity contribution in [2.75, 3.05) is 13.1 Å². The highest BCUT2D eigenvalue weighted by Crippen LogP contribution is 2.33. The number of benzene rings is 1. The van der Waals surface area contributed by atoms with Gasteiger partial charge in [-0.3, -0.25) is 4.90 Å². The van der Waals surface area contributed by atoms with Crippen LogP contribution >= 0.6 is 0 Å². The van der Waals surface area contributed by atoms with E-state index in [0.29, 0.717) is 12.0 Å². The first-order chi connectivity index (χ1) is 9.69. The van der Waals surface area contributed by atoms with Gasteiger partial charge in [0.15, 0.2) is 0 Å². The van der Waals surface area contributed by atoms with Gasteiger partial charge in [0.2, 0.25) is 0 Å². The molecule has 2 rings (SSSR count). The lowest BCUT2D eigenvalue weighted by atomic mass is 9.82. The van der Waals surface area contributed by atoms with Gasteiger partial charge in [0.1, 0.15) is 5.82 Å². The maximum Gasteiger partial charge on any atom is 0.127 e. The Morgan fingerprint density at radius 3 is 2.65 bits per heavy atom. The first-order valence-corrected chi connectivity index (χ1v) is 7.89. The fourth-order valence-corrected chi connectivity index (χ4v) is 3.69. The van der Waals surface area contributed by atoms with E-state index < -0.39 is 0 Å². The van der Waals surface area contributed by atoms with Crippen LogP contribution in [0.5, 0.6) is 0 Å². The summed E-state index contributed by atoms with van der Waals surface area (Å²) in [6.07, 6.45) is 4.95. The van der Waals surface area contributed by atoms with Gasteiger partial charge < -0.3 is 5.73 Å². The fraction of sp³-hybridized carbons (Fsp3) is 0.647. The molecule has 1 aliphatic rings. The Balaban J connectivity index is 2.20. The SMILES string of the molecule is CCN(C(C)c1ccccc1F)C1CCCCC1CN. The molecule has 3 heteroatoms. The first kappa shape index (κ1) is 15.5. The zero-order valence-corrected chi connectivity index (χ0v) is 12.7. The largest absolute Gasteiger partial charge is 0.330 e. The number of hydrogen-bond donors (Lipinski definition) is 1. The Bertz CT molecular complexity index is 421. The molecule has 1 fully saturated rings. The monoisotopic (exact) mass is 278 g/mol. The summed E-state index contributed by atoms with van der Waals surface area (Å²) in [7, 11) is 0. The van der Waals surface area contributed by atoms with Gasteiger partial charge in [-0.2, -0.15) is 0 Å². The van der Waals surface area contributed by atoms with Gasteiger partial charge in [0.05, 0.1) is 0 Å². The highest BCUT2D eigenvalue weighted by atomic mass is 19.1. The van der Waals surface area contributed by atoms with Crippen LogP contribution in [0.15, 0.2) is 24.3 Å². The van der Waals surface area contributed by atoms with Crippen LogP contribution in [0.1, 0.15) is 51.1 Å². The zero-order chi connectivity index (χ0) is 14.5. The Morgan fingerprint density at radius 1 is 1.30 bits per heavy atom. The van der Waals surface area contributed by atoms with Crippen molar-refractivity contribution in [3.63, 3.8) is 0 Å². The van der Waals surface area contributed by atoms with Gasteiger partial charge in [-0.05, 0) is 44.8 Å². The molecule has 0 bridgehead atoms. The molecular weight excluding hydrogens is 251 g/mol. The van der Waals surface area contributed by atoms with Crippen molar-refractivity contribution in [2.24, 2.45) is 11.7 Å². The number of rotatable bonds is 5. The smallest absolute Gasteiger partial charge is 0.127 e. The lowest BCUT2D eigenvalue weighted by Gasteiger charge is -2.42. The van der Waals surface area contributed by atoms with E-state index in [-0.39, 0.29) is 11.9 Å². The van der Waals surface area contributed by atoms with E-state index in [1.807, 2.05) is 12.1 Å². The maximum absolute atomic E-state index is 14.0. The molecule has 0 aromatic heterocycles. The minimum Gasteiger partial charge on any atom is -0.330 e. The second kappa shape index (κ2) is 7.19. The third kappa shape index (κ3) is 3.21. The van der Waals surface area contributed by atoms with Crippen LogP contribution in [-0.2, 0) is 0 Å². The molecule has 3 atom stereocenters. The van der Waals surface area contributed by atoms with Crippen molar-refractivity contribution in [2.45, 2.75) is 51.6 Å². The van der Waals surface area contributed by atoms with Crippen molar-refractivity contribution in [1.29, 1.82) is 0 Å². The molecule has 1 aromatic carbocycles. The molecule has 0 aliphatic heterocycles. The highest BCUT2D eigenvalue weighted by molar-refractivity contribution is 5.21. The van der Waals surface area contributed by atoms with Crippen molar-refractivity contribution >= 4 is 0 Å². The summed E-state index contributed by atoms with van der Waals surface area (Å²) in [6.45, 7) is 5.96. The molecule has 0 radical (unpaired) electrons. The third-order valence-corrected chi connectivity index (χ3v) is 4.82. The minimum atomic E-state index is -0.0986. The fourth-order valence-electron chi connectivity index (χ4n) is 3.69. The van der Waals surface area contributed by atoms with Crippen molar-refractivity contribution in [1.82, 2.24) is 4.90 Å². The molecule has 1 saturated carbocycles. The molecule has 0 amide bonds. The Morgan fingerprint density at radius 2 is 2.00 bits per heavy atom. The molecule has 112 valence electrons. The summed E-state index contributed by atoms with van der Waals surface area (Å²) in [4.78, 5) is 2.44. The molecule has 0 spiro atoms. The molecule has 0 heterocycles. The normalized spacial score (nSPS) is 24.9. The standard InChI is InChI=1S/C17H27FN2/c1-3-20(17-11-7-4-8-14(17)12-19)13(2)15-9-5-6-10-16(15)18/h5-6,9-10,13-14,17H,3-4,7-8,11-12,19H2,1-2H3. The number of hydrogen-bond acceptors (Lipinski definition) is 2. The summed E-state index contributed by atoms with van der Waals surface area (Å²) in [5, 5.41) is 0. The van der Waals surface area contributed by atoms with Crippen molar-refractivity contribution in [3.05, 3.63) is 35.6 Å². The zero-order valence-electron chi connectivity index (χ0n) is 12.7. The molecule has 3 unspecified atom stereocenters. The topological polar surface area (TPSA) is 29.3 Å². The van der Waals surface area contributed by atoms with E-state index in [1.54, 1.807) is 12.1 Å². The van der Waals surface area contributed by atoms with Gasteiger partial charge >= 0.3 is 0 Å². The molecule has 2 N–H and O–H groups in total. The van der Waals surface area contributed by atoms with Crippen molar-refractivity contribution in [3.8, 4) is 0 Å². The van der Waals surface area contributed by atoms with Gasteiger partial charge in [-0.1, -0.05) is 38.0 Å². The van der Waals surface area contributed by atoms with Crippen LogP contribution in [-0.4, -0.2) is 24.0 Å². The second-order valence-electron chi connectivity index (χ2n) is 5.88. The van der Waals surface area contributed by atoms with E-state index in [2.05, 4.69) is 18.7 Å². The first-order valence-electron chi connectivity index (χ1n) is 7.89. The van der Waals surface area contributed by atoms with E-state index >= 15 is 0 Å². The molecule has 1 aromatic rings. The van der Waals surface area contributed by atoms with E-state index in [4.69, 9.17) is 5.73 Å². The molecular formula is C17H27FN2. The summed E-state index contributed by atoms with van der Waals surface area (Å²) in [6, 6.07) is 7.74. The quantitative estimate of drug-likeness (QED) is 0.889. The Hall–Kier alpha value is -0.930. The number of halogens is 1. The van der Waals surface area contributed by atoms with Crippen LogP contribution in [0, 0.1) is 11.7 Å². The van der Waals surface area contributed by atoms with Gasteiger partial charge in [-0.25, -0.2) is 4.39 Å². The Labute approximate surface area is 122 Å². The highest BCUT2D eigenvalue weighted by Gasteiger charge is 2.32. The van der Waals surface area contributed by atoms with Crippen molar-refractivity contribution < 1.29 is 4.39 Å². The summed E-state index contributed by atoms with van der Waals surface area (Å²) in [5.74, 6) is 0.455. The van der Waals surface area contributed by atoms with Crippen LogP contribution in [0.4, 0.5) is 4.39 Å². The van der Waals surface area contributed by atoms with Gasteiger partial charge in [0.25, 0.3) is 0 Å². The average molecular weight is 278 g/mol. The summed E-state index contributed by atoms with van der Waals surface area (Å²) in [5.41, 5.74) is 6.76. The minimum absolute atomic E-state index is 0.0986. The third-order valence-electron chi connectivity index (χ3n) is 4.82. The predicted molar refractivity (Wildman–Crippen MR) is 82.0 cm³/mol. The van der Waals surface area contributed by atoms with Gasteiger partial charge in [-0.15, -0.1) is 0 Å².